The summed E-state index contributed by atoms with van der Waals surface area (Å²) in [4.78, 5) is 12.3. The van der Waals surface area contributed by atoms with Gasteiger partial charge in [-0.05, 0) is 59.8 Å². The van der Waals surface area contributed by atoms with Gasteiger partial charge in [0.1, 0.15) is 0 Å². The van der Waals surface area contributed by atoms with Gasteiger partial charge in [0.25, 0.3) is 15.0 Å². The number of carbonyl (C=O) groups is 1. The van der Waals surface area contributed by atoms with Crippen molar-refractivity contribution in [2.75, 3.05) is 0 Å². The second-order valence-corrected chi connectivity index (χ2v) is 8.44. The number of nitrogens with one attached hydrogen (secondary N) is 1. The Morgan fingerprint density at radius 2 is 2.10 bits per heavy atom. The molecule has 1 fully saturated rings. The van der Waals surface area contributed by atoms with Crippen LogP contribution < -0.4 is 5.32 Å². The predicted octanol–water partition coefficient (Wildman–Crippen LogP) is 3.44. The van der Waals surface area contributed by atoms with Crippen molar-refractivity contribution in [3.05, 3.63) is 28.2 Å². The van der Waals surface area contributed by atoms with Crippen LogP contribution in [0.25, 0.3) is 0 Å². The Morgan fingerprint density at radius 1 is 1.45 bits per heavy atom. The fourth-order valence-electron chi connectivity index (χ4n) is 2.31. The van der Waals surface area contributed by atoms with Gasteiger partial charge in [0, 0.05) is 20.7 Å². The van der Waals surface area contributed by atoms with Crippen LogP contribution in [0.1, 0.15) is 43.0 Å². The van der Waals surface area contributed by atoms with Crippen molar-refractivity contribution in [3.8, 4) is 0 Å². The van der Waals surface area contributed by atoms with Crippen molar-refractivity contribution in [3.63, 3.8) is 0 Å². The molecule has 0 bridgehead atoms. The van der Waals surface area contributed by atoms with Gasteiger partial charge < -0.3 is 5.32 Å². The Kier molecular flexibility index (Phi) is 4.47. The quantitative estimate of drug-likeness (QED) is 0.814. The average Bonchev–Trinajstić information content (AvgIpc) is 2.32. The molecule has 0 unspecified atom stereocenters. The molecule has 7 heteroatoms. The van der Waals surface area contributed by atoms with Gasteiger partial charge in [-0.15, -0.1) is 0 Å². The monoisotopic (exact) mass is 379 g/mol. The summed E-state index contributed by atoms with van der Waals surface area (Å²) in [6, 6.07) is 4.18. The third kappa shape index (κ3) is 3.18. The van der Waals surface area contributed by atoms with Gasteiger partial charge in [-0.2, -0.15) is 0 Å². The number of halogens is 2. The molecule has 0 heterocycles. The molecule has 0 radical (unpaired) electrons. The normalized spacial score (nSPS) is 17.4. The van der Waals surface area contributed by atoms with Crippen LogP contribution in [0.5, 0.6) is 0 Å². The molecule has 2 rings (SSSR count). The molecule has 110 valence electrons. The van der Waals surface area contributed by atoms with Gasteiger partial charge >= 0.3 is 0 Å². The molecule has 1 N–H and O–H groups in total. The molecule has 1 amide bonds. The van der Waals surface area contributed by atoms with E-state index in [1.165, 1.54) is 18.2 Å². The molecule has 0 atom stereocenters. The maximum absolute atomic E-state index is 12.3. The lowest BCUT2D eigenvalue weighted by Gasteiger charge is -2.42. The van der Waals surface area contributed by atoms with E-state index in [0.29, 0.717) is 4.47 Å². The summed E-state index contributed by atoms with van der Waals surface area (Å²) in [5.74, 6) is -0.277. The molecule has 0 aliphatic heterocycles. The number of rotatable bonds is 4. The minimum atomic E-state index is -3.85. The van der Waals surface area contributed by atoms with E-state index in [1.807, 2.05) is 6.92 Å². The van der Waals surface area contributed by atoms with Crippen molar-refractivity contribution in [1.82, 2.24) is 5.32 Å². The van der Waals surface area contributed by atoms with Gasteiger partial charge in [0.2, 0.25) is 0 Å². The molecule has 1 aliphatic carbocycles. The molecule has 0 saturated heterocycles. The maximum Gasteiger partial charge on any atom is 0.261 e. The number of hydrogen-bond acceptors (Lipinski definition) is 3. The molecular weight excluding hydrogens is 366 g/mol. The van der Waals surface area contributed by atoms with Gasteiger partial charge in [-0.25, -0.2) is 8.42 Å². The minimum Gasteiger partial charge on any atom is -0.347 e. The van der Waals surface area contributed by atoms with E-state index in [2.05, 4.69) is 21.2 Å². The number of amides is 1. The summed E-state index contributed by atoms with van der Waals surface area (Å²) in [5, 5.41) is 3.01. The van der Waals surface area contributed by atoms with Crippen LogP contribution in [-0.4, -0.2) is 19.9 Å². The van der Waals surface area contributed by atoms with Gasteiger partial charge in [0.05, 0.1) is 10.5 Å². The molecule has 0 aromatic heterocycles. The first kappa shape index (κ1) is 15.8. The molecule has 1 aromatic carbocycles. The highest BCUT2D eigenvalue weighted by molar-refractivity contribution is 9.10. The van der Waals surface area contributed by atoms with Crippen molar-refractivity contribution in [1.29, 1.82) is 0 Å². The zero-order valence-electron chi connectivity index (χ0n) is 10.9. The zero-order valence-corrected chi connectivity index (χ0v) is 14.1. The third-order valence-electron chi connectivity index (χ3n) is 3.83. The van der Waals surface area contributed by atoms with Gasteiger partial charge in [-0.3, -0.25) is 4.79 Å². The van der Waals surface area contributed by atoms with Crippen LogP contribution in [0.15, 0.2) is 27.6 Å². The second kappa shape index (κ2) is 5.66. The molecule has 20 heavy (non-hydrogen) atoms. The van der Waals surface area contributed by atoms with Crippen LogP contribution >= 0.6 is 26.6 Å². The van der Waals surface area contributed by atoms with E-state index in [-0.39, 0.29) is 21.9 Å². The zero-order chi connectivity index (χ0) is 15.0. The van der Waals surface area contributed by atoms with E-state index < -0.39 is 9.05 Å². The number of carbonyl (C=O) groups excluding carboxylic acids is 1. The maximum atomic E-state index is 12.3. The highest BCUT2D eigenvalue weighted by Gasteiger charge is 2.37. The molecule has 1 aliphatic rings. The highest BCUT2D eigenvalue weighted by atomic mass is 79.9. The third-order valence-corrected chi connectivity index (χ3v) is 5.87. The van der Waals surface area contributed by atoms with E-state index in [1.54, 1.807) is 0 Å². The topological polar surface area (TPSA) is 63.2 Å². The lowest BCUT2D eigenvalue weighted by molar-refractivity contribution is 0.0819. The van der Waals surface area contributed by atoms with Crippen LogP contribution in [0, 0.1) is 0 Å². The predicted molar refractivity (Wildman–Crippen MR) is 81.5 cm³/mol. The first-order valence-electron chi connectivity index (χ1n) is 6.34. The SMILES string of the molecule is CCC1(NC(=O)c2cc(S(=O)(=O)Cl)ccc2Br)CCC1. The van der Waals surface area contributed by atoms with Crippen LogP contribution in [0.4, 0.5) is 0 Å². The number of hydrogen-bond donors (Lipinski definition) is 1. The molecule has 4 nitrogen and oxygen atoms in total. The van der Waals surface area contributed by atoms with Crippen molar-refractivity contribution < 1.29 is 13.2 Å². The lowest BCUT2D eigenvalue weighted by Crippen LogP contribution is -2.53. The fraction of sp³-hybridized carbons (Fsp3) is 0.462. The Morgan fingerprint density at radius 3 is 2.55 bits per heavy atom. The first-order chi connectivity index (χ1) is 9.27. The Balaban J connectivity index is 2.30. The fourth-order valence-corrected chi connectivity index (χ4v) is 3.51. The standard InChI is InChI=1S/C13H15BrClNO3S/c1-2-13(6-3-7-13)16-12(17)10-8-9(20(15,18)19)4-5-11(10)14/h4-5,8H,2-3,6-7H2,1H3,(H,16,17). The Labute approximate surface area is 131 Å². The largest absolute Gasteiger partial charge is 0.347 e. The van der Waals surface area contributed by atoms with Crippen LogP contribution in [0.3, 0.4) is 0 Å². The van der Waals surface area contributed by atoms with E-state index in [9.17, 15) is 13.2 Å². The summed E-state index contributed by atoms with van der Waals surface area (Å²) in [6.45, 7) is 2.04. The summed E-state index contributed by atoms with van der Waals surface area (Å²) in [7, 11) is 1.47. The van der Waals surface area contributed by atoms with Crippen molar-refractivity contribution in [2.45, 2.75) is 43.0 Å². The lowest BCUT2D eigenvalue weighted by atomic mass is 9.74. The smallest absolute Gasteiger partial charge is 0.261 e. The molecule has 0 spiro atoms. The van der Waals surface area contributed by atoms with E-state index >= 15 is 0 Å². The number of benzene rings is 1. The average molecular weight is 381 g/mol. The first-order valence-corrected chi connectivity index (χ1v) is 9.44. The van der Waals surface area contributed by atoms with Crippen molar-refractivity contribution >= 4 is 41.6 Å². The Bertz CT molecular complexity index is 636. The summed E-state index contributed by atoms with van der Waals surface area (Å²) in [5.41, 5.74) is 0.137. The van der Waals surface area contributed by atoms with Crippen LogP contribution in [-0.2, 0) is 9.05 Å². The summed E-state index contributed by atoms with van der Waals surface area (Å²) < 4.78 is 23.2. The minimum absolute atomic E-state index is 0.0772. The van der Waals surface area contributed by atoms with Crippen molar-refractivity contribution in [2.24, 2.45) is 0 Å². The van der Waals surface area contributed by atoms with Gasteiger partial charge in [0.15, 0.2) is 0 Å². The van der Waals surface area contributed by atoms with Gasteiger partial charge in [-0.1, -0.05) is 6.92 Å². The molecule has 1 saturated carbocycles. The Hall–Kier alpha value is -0.590. The second-order valence-electron chi connectivity index (χ2n) is 5.02. The highest BCUT2D eigenvalue weighted by Crippen LogP contribution is 2.35. The van der Waals surface area contributed by atoms with E-state index in [4.69, 9.17) is 10.7 Å². The summed E-state index contributed by atoms with van der Waals surface area (Å²) in [6.07, 6.45) is 3.88. The summed E-state index contributed by atoms with van der Waals surface area (Å²) >= 11 is 3.27. The van der Waals surface area contributed by atoms with E-state index in [0.717, 1.165) is 25.7 Å². The molecule has 1 aromatic rings. The molecular formula is C13H15BrClNO3S. The van der Waals surface area contributed by atoms with Crippen LogP contribution in [0.2, 0.25) is 0 Å².